The highest BCUT2D eigenvalue weighted by atomic mass is 15.3. The first kappa shape index (κ1) is 7.80. The Labute approximate surface area is 83.6 Å². The SMILES string of the molecule is CC1=CC2=NC3C=CC=CC3N2C=C1. The standard InChI is InChI=1S/C12H12N2/c1-9-6-7-14-11-5-3-2-4-10(11)13-12(14)8-9/h2-8,10-11H,1H3. The van der Waals surface area contributed by atoms with Crippen LogP contribution in [0.3, 0.4) is 0 Å². The lowest BCUT2D eigenvalue weighted by atomic mass is 10.0. The fourth-order valence-electron chi connectivity index (χ4n) is 2.07. The second-order valence-corrected chi connectivity index (χ2v) is 3.85. The summed E-state index contributed by atoms with van der Waals surface area (Å²) in [6.07, 6.45) is 14.9. The van der Waals surface area contributed by atoms with Crippen LogP contribution in [-0.2, 0) is 0 Å². The van der Waals surface area contributed by atoms with Gasteiger partial charge in [-0.2, -0.15) is 0 Å². The number of hydrogen-bond donors (Lipinski definition) is 0. The minimum Gasteiger partial charge on any atom is -0.324 e. The van der Waals surface area contributed by atoms with E-state index in [1.807, 2.05) is 0 Å². The van der Waals surface area contributed by atoms with Crippen LogP contribution in [0.25, 0.3) is 0 Å². The van der Waals surface area contributed by atoms with Crippen molar-refractivity contribution >= 4 is 5.84 Å². The van der Waals surface area contributed by atoms with Crippen molar-refractivity contribution in [3.8, 4) is 0 Å². The molecule has 1 aliphatic carbocycles. The summed E-state index contributed by atoms with van der Waals surface area (Å²) in [6, 6.07) is 0.706. The van der Waals surface area contributed by atoms with Crippen LogP contribution in [0.5, 0.6) is 0 Å². The molecular formula is C12H12N2. The molecule has 0 fully saturated rings. The van der Waals surface area contributed by atoms with Crippen molar-refractivity contribution in [1.29, 1.82) is 0 Å². The van der Waals surface area contributed by atoms with Crippen molar-refractivity contribution in [2.75, 3.05) is 0 Å². The molecule has 0 saturated carbocycles. The first-order chi connectivity index (χ1) is 6.84. The molecule has 2 unspecified atom stereocenters. The van der Waals surface area contributed by atoms with E-state index < -0.39 is 0 Å². The maximum atomic E-state index is 4.66. The molecule has 70 valence electrons. The lowest BCUT2D eigenvalue weighted by Gasteiger charge is -2.26. The molecule has 0 N–H and O–H groups in total. The van der Waals surface area contributed by atoms with Gasteiger partial charge in [-0.25, -0.2) is 0 Å². The van der Waals surface area contributed by atoms with E-state index in [9.17, 15) is 0 Å². The van der Waals surface area contributed by atoms with Crippen LogP contribution in [0.4, 0.5) is 0 Å². The molecule has 0 aromatic heterocycles. The highest BCUT2D eigenvalue weighted by molar-refractivity contribution is 5.98. The zero-order valence-corrected chi connectivity index (χ0v) is 8.09. The normalized spacial score (nSPS) is 32.5. The molecule has 0 aromatic rings. The monoisotopic (exact) mass is 184 g/mol. The predicted molar refractivity (Wildman–Crippen MR) is 58.0 cm³/mol. The van der Waals surface area contributed by atoms with E-state index in [2.05, 4.69) is 59.5 Å². The minimum absolute atomic E-state index is 0.307. The van der Waals surface area contributed by atoms with Crippen LogP contribution in [0.15, 0.2) is 53.2 Å². The third kappa shape index (κ3) is 1.00. The molecular weight excluding hydrogens is 172 g/mol. The van der Waals surface area contributed by atoms with Crippen LogP contribution in [0.1, 0.15) is 6.92 Å². The highest BCUT2D eigenvalue weighted by Crippen LogP contribution is 2.26. The predicted octanol–water partition coefficient (Wildman–Crippen LogP) is 2.04. The molecule has 14 heavy (non-hydrogen) atoms. The van der Waals surface area contributed by atoms with Crippen molar-refractivity contribution in [2.45, 2.75) is 19.0 Å². The average Bonchev–Trinajstić information content (AvgIpc) is 2.54. The summed E-state index contributed by atoms with van der Waals surface area (Å²) < 4.78 is 0. The van der Waals surface area contributed by atoms with Gasteiger partial charge < -0.3 is 4.90 Å². The van der Waals surface area contributed by atoms with E-state index in [1.165, 1.54) is 5.57 Å². The molecule has 3 aliphatic rings. The molecule has 2 aliphatic heterocycles. The van der Waals surface area contributed by atoms with E-state index in [1.54, 1.807) is 0 Å². The second-order valence-electron chi connectivity index (χ2n) is 3.85. The fourth-order valence-corrected chi connectivity index (χ4v) is 2.07. The lowest BCUT2D eigenvalue weighted by molar-refractivity contribution is 0.475. The molecule has 2 heterocycles. The van der Waals surface area contributed by atoms with Crippen LogP contribution >= 0.6 is 0 Å². The number of allylic oxidation sites excluding steroid dienone is 4. The molecule has 0 amide bonds. The summed E-state index contributed by atoms with van der Waals surface area (Å²) in [5.74, 6) is 1.09. The zero-order chi connectivity index (χ0) is 9.54. The molecule has 2 nitrogen and oxygen atoms in total. The number of rotatable bonds is 0. The Morgan fingerprint density at radius 2 is 2.14 bits per heavy atom. The quantitative estimate of drug-likeness (QED) is 0.562. The molecule has 0 bridgehead atoms. The van der Waals surface area contributed by atoms with Gasteiger partial charge in [-0.05, 0) is 24.6 Å². The molecule has 3 rings (SSSR count). The summed E-state index contributed by atoms with van der Waals surface area (Å²) in [4.78, 5) is 6.89. The Hall–Kier alpha value is -1.57. The van der Waals surface area contributed by atoms with Crippen LogP contribution in [-0.4, -0.2) is 22.8 Å². The fraction of sp³-hybridized carbons (Fsp3) is 0.250. The van der Waals surface area contributed by atoms with Gasteiger partial charge in [0.1, 0.15) is 5.84 Å². The van der Waals surface area contributed by atoms with Gasteiger partial charge in [0.05, 0.1) is 12.1 Å². The van der Waals surface area contributed by atoms with E-state index in [0.29, 0.717) is 12.1 Å². The Morgan fingerprint density at radius 1 is 1.29 bits per heavy atom. The average molecular weight is 184 g/mol. The Bertz CT molecular complexity index is 410. The van der Waals surface area contributed by atoms with Crippen molar-refractivity contribution in [3.05, 3.63) is 48.2 Å². The van der Waals surface area contributed by atoms with Gasteiger partial charge in [-0.1, -0.05) is 24.3 Å². The maximum absolute atomic E-state index is 4.66. The lowest BCUT2D eigenvalue weighted by Crippen LogP contribution is -2.34. The third-order valence-corrected chi connectivity index (χ3v) is 2.80. The van der Waals surface area contributed by atoms with Crippen molar-refractivity contribution < 1.29 is 0 Å². The van der Waals surface area contributed by atoms with Crippen molar-refractivity contribution in [1.82, 2.24) is 4.90 Å². The second kappa shape index (κ2) is 2.71. The Morgan fingerprint density at radius 3 is 3.07 bits per heavy atom. The number of amidine groups is 1. The van der Waals surface area contributed by atoms with E-state index in [4.69, 9.17) is 0 Å². The Kier molecular flexibility index (Phi) is 1.51. The van der Waals surface area contributed by atoms with E-state index >= 15 is 0 Å². The van der Waals surface area contributed by atoms with Gasteiger partial charge in [-0.15, -0.1) is 0 Å². The molecule has 2 heteroatoms. The third-order valence-electron chi connectivity index (χ3n) is 2.80. The van der Waals surface area contributed by atoms with Gasteiger partial charge in [-0.3, -0.25) is 4.99 Å². The van der Waals surface area contributed by atoms with Crippen LogP contribution in [0, 0.1) is 0 Å². The number of fused-ring (bicyclic) bond motifs is 3. The topological polar surface area (TPSA) is 15.6 Å². The number of aliphatic imine (C=N–C) groups is 1. The Balaban J connectivity index is 2.02. The van der Waals surface area contributed by atoms with Gasteiger partial charge >= 0.3 is 0 Å². The van der Waals surface area contributed by atoms with Gasteiger partial charge in [0.2, 0.25) is 0 Å². The molecule has 2 atom stereocenters. The first-order valence-corrected chi connectivity index (χ1v) is 4.92. The molecule has 0 spiro atoms. The van der Waals surface area contributed by atoms with Crippen LogP contribution < -0.4 is 0 Å². The first-order valence-electron chi connectivity index (χ1n) is 4.92. The highest BCUT2D eigenvalue weighted by Gasteiger charge is 2.32. The minimum atomic E-state index is 0.307. The van der Waals surface area contributed by atoms with Gasteiger partial charge in [0, 0.05) is 6.20 Å². The number of nitrogens with zero attached hydrogens (tertiary/aromatic N) is 2. The zero-order valence-electron chi connectivity index (χ0n) is 8.09. The summed E-state index contributed by atoms with van der Waals surface area (Å²) >= 11 is 0. The van der Waals surface area contributed by atoms with Gasteiger partial charge in [0.15, 0.2) is 0 Å². The summed E-state index contributed by atoms with van der Waals surface area (Å²) in [7, 11) is 0. The van der Waals surface area contributed by atoms with E-state index in [-0.39, 0.29) is 0 Å². The van der Waals surface area contributed by atoms with Crippen LogP contribution in [0.2, 0.25) is 0 Å². The smallest absolute Gasteiger partial charge is 0.129 e. The summed E-state index contributed by atoms with van der Waals surface area (Å²) in [5.41, 5.74) is 1.27. The molecule has 0 radical (unpaired) electrons. The largest absolute Gasteiger partial charge is 0.324 e. The van der Waals surface area contributed by atoms with Crippen molar-refractivity contribution in [3.63, 3.8) is 0 Å². The summed E-state index contributed by atoms with van der Waals surface area (Å²) in [5, 5.41) is 0. The molecule has 0 saturated heterocycles. The maximum Gasteiger partial charge on any atom is 0.129 e. The summed E-state index contributed by atoms with van der Waals surface area (Å²) in [6.45, 7) is 2.10. The van der Waals surface area contributed by atoms with E-state index in [0.717, 1.165) is 5.84 Å². The molecule has 0 aromatic carbocycles. The van der Waals surface area contributed by atoms with Crippen molar-refractivity contribution in [2.24, 2.45) is 4.99 Å². The van der Waals surface area contributed by atoms with Gasteiger partial charge in [0.25, 0.3) is 0 Å². The number of hydrogen-bond acceptors (Lipinski definition) is 2.